The first-order valence-corrected chi connectivity index (χ1v) is 10.4. The zero-order chi connectivity index (χ0) is 22.4. The van der Waals surface area contributed by atoms with Crippen molar-refractivity contribution in [2.24, 2.45) is 0 Å². The second-order valence-electron chi connectivity index (χ2n) is 7.88. The number of nitrogens with zero attached hydrogens (tertiary/aromatic N) is 3. The summed E-state index contributed by atoms with van der Waals surface area (Å²) in [5.41, 5.74) is 3.44. The van der Waals surface area contributed by atoms with Crippen LogP contribution in [-0.2, 0) is 16.0 Å². The van der Waals surface area contributed by atoms with E-state index in [0.29, 0.717) is 43.7 Å². The predicted molar refractivity (Wildman–Crippen MR) is 119 cm³/mol. The molecule has 0 unspecified atom stereocenters. The van der Waals surface area contributed by atoms with Gasteiger partial charge in [0.05, 0.1) is 11.3 Å². The monoisotopic (exact) mass is 424 g/mol. The molecule has 0 atom stereocenters. The lowest BCUT2D eigenvalue weighted by Gasteiger charge is -2.34. The second kappa shape index (κ2) is 10.2. The van der Waals surface area contributed by atoms with Crippen molar-refractivity contribution in [3.8, 4) is 0 Å². The average Bonchev–Trinajstić information content (AvgIpc) is 2.75. The molecule has 1 saturated heterocycles. The van der Waals surface area contributed by atoms with E-state index in [2.05, 4.69) is 10.2 Å². The highest BCUT2D eigenvalue weighted by Crippen LogP contribution is 2.21. The number of benzene rings is 2. The van der Waals surface area contributed by atoms with E-state index in [1.807, 2.05) is 36.1 Å². The van der Waals surface area contributed by atoms with Crippen LogP contribution >= 0.6 is 0 Å². The van der Waals surface area contributed by atoms with Gasteiger partial charge in [-0.1, -0.05) is 24.3 Å². The molecule has 1 fully saturated rings. The van der Waals surface area contributed by atoms with Gasteiger partial charge in [-0.2, -0.15) is 0 Å². The number of rotatable bonds is 7. The first-order chi connectivity index (χ1) is 14.8. The molecule has 0 saturated carbocycles. The van der Waals surface area contributed by atoms with Gasteiger partial charge in [-0.05, 0) is 36.6 Å². The first-order valence-electron chi connectivity index (χ1n) is 10.4. The lowest BCUT2D eigenvalue weighted by molar-refractivity contribution is -0.384. The number of amides is 2. The topological polar surface area (TPSA) is 95.8 Å². The zero-order valence-corrected chi connectivity index (χ0v) is 18.0. The SMILES string of the molecule is Cc1ccccc1CC(=O)N1CCN(CCC(=O)Nc2ccc([N+](=O)[O-])cc2C)CC1. The summed E-state index contributed by atoms with van der Waals surface area (Å²) in [5, 5.41) is 13.6. The predicted octanol–water partition coefficient (Wildman–Crippen LogP) is 2.93. The van der Waals surface area contributed by atoms with Crippen molar-refractivity contribution in [2.75, 3.05) is 38.0 Å². The maximum absolute atomic E-state index is 12.6. The molecule has 0 radical (unpaired) electrons. The Hall–Kier alpha value is -3.26. The molecule has 2 aromatic carbocycles. The van der Waals surface area contributed by atoms with Gasteiger partial charge in [-0.25, -0.2) is 0 Å². The van der Waals surface area contributed by atoms with E-state index in [9.17, 15) is 19.7 Å². The summed E-state index contributed by atoms with van der Waals surface area (Å²) in [6.45, 7) is 7.16. The molecule has 1 aliphatic rings. The van der Waals surface area contributed by atoms with E-state index < -0.39 is 4.92 Å². The Morgan fingerprint density at radius 3 is 2.39 bits per heavy atom. The van der Waals surface area contributed by atoms with Crippen molar-refractivity contribution < 1.29 is 14.5 Å². The molecule has 164 valence electrons. The third-order valence-electron chi connectivity index (χ3n) is 5.68. The van der Waals surface area contributed by atoms with Crippen LogP contribution in [0.4, 0.5) is 11.4 Å². The van der Waals surface area contributed by atoms with Crippen LogP contribution in [0.15, 0.2) is 42.5 Å². The van der Waals surface area contributed by atoms with Crippen LogP contribution in [0.1, 0.15) is 23.1 Å². The van der Waals surface area contributed by atoms with E-state index >= 15 is 0 Å². The lowest BCUT2D eigenvalue weighted by Crippen LogP contribution is -2.49. The van der Waals surface area contributed by atoms with E-state index in [1.54, 1.807) is 13.0 Å². The fraction of sp³-hybridized carbons (Fsp3) is 0.391. The Bertz CT molecular complexity index is 968. The van der Waals surface area contributed by atoms with Crippen LogP contribution in [0, 0.1) is 24.0 Å². The fourth-order valence-electron chi connectivity index (χ4n) is 3.68. The molecular weight excluding hydrogens is 396 g/mol. The third kappa shape index (κ3) is 6.11. The van der Waals surface area contributed by atoms with Gasteiger partial charge in [0.15, 0.2) is 0 Å². The minimum absolute atomic E-state index is 0.00495. The minimum atomic E-state index is -0.454. The van der Waals surface area contributed by atoms with Crippen LogP contribution in [0.5, 0.6) is 0 Å². The fourth-order valence-corrected chi connectivity index (χ4v) is 3.68. The van der Waals surface area contributed by atoms with Crippen molar-refractivity contribution >= 4 is 23.2 Å². The van der Waals surface area contributed by atoms with Crippen molar-refractivity contribution in [1.82, 2.24) is 9.80 Å². The molecule has 1 aliphatic heterocycles. The number of hydrogen-bond donors (Lipinski definition) is 1. The molecule has 1 N–H and O–H groups in total. The molecule has 0 aromatic heterocycles. The molecule has 3 rings (SSSR count). The Labute approximate surface area is 182 Å². The van der Waals surface area contributed by atoms with Gasteiger partial charge < -0.3 is 10.2 Å². The van der Waals surface area contributed by atoms with Gasteiger partial charge in [0.2, 0.25) is 11.8 Å². The number of anilines is 1. The third-order valence-corrected chi connectivity index (χ3v) is 5.68. The number of nitro benzene ring substituents is 1. The average molecular weight is 425 g/mol. The summed E-state index contributed by atoms with van der Waals surface area (Å²) < 4.78 is 0. The second-order valence-corrected chi connectivity index (χ2v) is 7.88. The van der Waals surface area contributed by atoms with Gasteiger partial charge in [-0.15, -0.1) is 0 Å². The number of nitrogens with one attached hydrogen (secondary N) is 1. The number of carbonyl (C=O) groups is 2. The molecule has 0 bridgehead atoms. The quantitative estimate of drug-likeness (QED) is 0.545. The highest BCUT2D eigenvalue weighted by atomic mass is 16.6. The molecule has 31 heavy (non-hydrogen) atoms. The Kier molecular flexibility index (Phi) is 7.36. The minimum Gasteiger partial charge on any atom is -0.340 e. The number of hydrogen-bond acceptors (Lipinski definition) is 5. The standard InChI is InChI=1S/C23H28N4O4/c1-17-5-3-4-6-19(17)16-23(29)26-13-11-25(12-14-26)10-9-22(28)24-21-8-7-20(27(30)31)15-18(21)2/h3-8,15H,9-14,16H2,1-2H3,(H,24,28). The summed E-state index contributed by atoms with van der Waals surface area (Å²) in [7, 11) is 0. The maximum Gasteiger partial charge on any atom is 0.269 e. The molecule has 8 nitrogen and oxygen atoms in total. The lowest BCUT2D eigenvalue weighted by atomic mass is 10.1. The summed E-state index contributed by atoms with van der Waals surface area (Å²) >= 11 is 0. The zero-order valence-electron chi connectivity index (χ0n) is 18.0. The van der Waals surface area contributed by atoms with Crippen molar-refractivity contribution in [3.05, 3.63) is 69.3 Å². The van der Waals surface area contributed by atoms with E-state index in [4.69, 9.17) is 0 Å². The van der Waals surface area contributed by atoms with Gasteiger partial charge in [-0.3, -0.25) is 24.6 Å². The molecule has 2 aromatic rings. The number of non-ortho nitro benzene ring substituents is 1. The summed E-state index contributed by atoms with van der Waals surface area (Å²) in [6, 6.07) is 12.3. The van der Waals surface area contributed by atoms with E-state index in [-0.39, 0.29) is 17.5 Å². The van der Waals surface area contributed by atoms with Crippen LogP contribution in [0.25, 0.3) is 0 Å². The van der Waals surface area contributed by atoms with Crippen LogP contribution in [-0.4, -0.2) is 59.3 Å². The molecule has 0 aliphatic carbocycles. The van der Waals surface area contributed by atoms with Gasteiger partial charge in [0.25, 0.3) is 5.69 Å². The highest BCUT2D eigenvalue weighted by molar-refractivity contribution is 5.91. The number of carbonyl (C=O) groups excluding carboxylic acids is 2. The summed E-state index contributed by atoms with van der Waals surface area (Å²) in [4.78, 5) is 39.3. The normalized spacial score (nSPS) is 14.3. The smallest absolute Gasteiger partial charge is 0.269 e. The van der Waals surface area contributed by atoms with E-state index in [1.165, 1.54) is 12.1 Å². The summed E-state index contributed by atoms with van der Waals surface area (Å²) in [6.07, 6.45) is 0.747. The van der Waals surface area contributed by atoms with Gasteiger partial charge >= 0.3 is 0 Å². The molecular formula is C23H28N4O4. The number of nitro groups is 1. The Morgan fingerprint density at radius 2 is 1.74 bits per heavy atom. The molecule has 0 spiro atoms. The summed E-state index contributed by atoms with van der Waals surface area (Å²) in [5.74, 6) is 0.00958. The van der Waals surface area contributed by atoms with Crippen molar-refractivity contribution in [1.29, 1.82) is 0 Å². The van der Waals surface area contributed by atoms with Gasteiger partial charge in [0, 0.05) is 57.0 Å². The van der Waals surface area contributed by atoms with Crippen molar-refractivity contribution in [3.63, 3.8) is 0 Å². The number of aryl methyl sites for hydroxylation is 2. The van der Waals surface area contributed by atoms with Crippen LogP contribution in [0.2, 0.25) is 0 Å². The van der Waals surface area contributed by atoms with Crippen molar-refractivity contribution in [2.45, 2.75) is 26.7 Å². The van der Waals surface area contributed by atoms with E-state index in [0.717, 1.165) is 24.2 Å². The molecule has 8 heteroatoms. The number of piperazine rings is 1. The highest BCUT2D eigenvalue weighted by Gasteiger charge is 2.22. The Balaban J connectivity index is 1.42. The Morgan fingerprint density at radius 1 is 1.03 bits per heavy atom. The molecule has 1 heterocycles. The maximum atomic E-state index is 12.6. The van der Waals surface area contributed by atoms with Gasteiger partial charge in [0.1, 0.15) is 0 Å². The first kappa shape index (κ1) is 22.4. The van der Waals surface area contributed by atoms with Crippen LogP contribution < -0.4 is 5.32 Å². The van der Waals surface area contributed by atoms with Crippen LogP contribution in [0.3, 0.4) is 0 Å². The largest absolute Gasteiger partial charge is 0.340 e. The molecule has 2 amide bonds.